The van der Waals surface area contributed by atoms with Crippen LogP contribution in [-0.4, -0.2) is 35.1 Å². The normalized spacial score (nSPS) is 11.3. The summed E-state index contributed by atoms with van der Waals surface area (Å²) in [4.78, 5) is 16.1. The van der Waals surface area contributed by atoms with Gasteiger partial charge in [-0.15, -0.1) is 0 Å². The van der Waals surface area contributed by atoms with Crippen LogP contribution in [0.3, 0.4) is 0 Å². The molecule has 0 bridgehead atoms. The molecule has 0 saturated heterocycles. The van der Waals surface area contributed by atoms with Crippen LogP contribution >= 0.6 is 0 Å². The van der Waals surface area contributed by atoms with Gasteiger partial charge in [0.2, 0.25) is 0 Å². The predicted molar refractivity (Wildman–Crippen MR) is 56.3 cm³/mol. The molecule has 17 heavy (non-hydrogen) atoms. The van der Waals surface area contributed by atoms with E-state index in [1.165, 1.54) is 25.3 Å². The lowest BCUT2D eigenvalue weighted by Crippen LogP contribution is -2.39. The average molecular weight is 247 g/mol. The third-order valence-corrected chi connectivity index (χ3v) is 2.04. The van der Waals surface area contributed by atoms with Gasteiger partial charge in [-0.2, -0.15) is 13.2 Å². The number of halogens is 3. The number of hydrogen-bond acceptors (Lipinski definition) is 3. The average Bonchev–Trinajstić information content (AvgIpc) is 2.25. The van der Waals surface area contributed by atoms with Crippen molar-refractivity contribution in [3.8, 4) is 0 Å². The van der Waals surface area contributed by atoms with E-state index in [0.29, 0.717) is 10.6 Å². The lowest BCUT2D eigenvalue weighted by molar-refractivity contribution is -0.140. The van der Waals surface area contributed by atoms with Gasteiger partial charge in [0.15, 0.2) is 0 Å². The number of pyridine rings is 1. The number of carbonyl (C=O) groups excluding carboxylic acids is 1. The first kappa shape index (κ1) is 13.3. The molecule has 7 heteroatoms. The Balaban J connectivity index is 2.83. The summed E-state index contributed by atoms with van der Waals surface area (Å²) < 4.78 is 36.6. The highest BCUT2D eigenvalue weighted by atomic mass is 19.4. The van der Waals surface area contributed by atoms with Gasteiger partial charge in [0.25, 0.3) is 5.91 Å². The Morgan fingerprint density at radius 3 is 2.53 bits per heavy atom. The molecule has 0 saturated carbocycles. The highest BCUT2D eigenvalue weighted by Gasteiger charge is 2.32. The van der Waals surface area contributed by atoms with E-state index in [1.807, 2.05) is 0 Å². The zero-order valence-corrected chi connectivity index (χ0v) is 9.16. The molecule has 0 aliphatic rings. The minimum atomic E-state index is -4.42. The number of anilines is 1. The second kappa shape index (κ2) is 5.03. The molecule has 0 spiro atoms. The summed E-state index contributed by atoms with van der Waals surface area (Å²) in [6.45, 7) is 0.153. The first-order valence-electron chi connectivity index (χ1n) is 4.91. The van der Waals surface area contributed by atoms with Crippen LogP contribution in [0.25, 0.3) is 0 Å². The third-order valence-electron chi connectivity index (χ3n) is 2.04. The van der Waals surface area contributed by atoms with E-state index in [1.54, 1.807) is 0 Å². The summed E-state index contributed by atoms with van der Waals surface area (Å²) >= 11 is 0. The molecule has 0 aromatic carbocycles. The van der Waals surface area contributed by atoms with Crippen molar-refractivity contribution in [3.05, 3.63) is 24.0 Å². The van der Waals surface area contributed by atoms with Gasteiger partial charge >= 0.3 is 6.18 Å². The second-order valence-corrected chi connectivity index (χ2v) is 3.41. The standard InChI is InChI=1S/C10H12F3N3O/c1-2-16(6-10(11,12)13)9(17)8-4-3-7(14)5-15-8/h3-5H,2,6,14H2,1H3. The van der Waals surface area contributed by atoms with Gasteiger partial charge in [-0.1, -0.05) is 0 Å². The molecule has 0 radical (unpaired) electrons. The SMILES string of the molecule is CCN(CC(F)(F)F)C(=O)c1ccc(N)cn1. The minimum Gasteiger partial charge on any atom is -0.397 e. The molecule has 0 fully saturated rings. The summed E-state index contributed by atoms with van der Waals surface area (Å²) in [5, 5.41) is 0. The number of nitrogens with zero attached hydrogens (tertiary/aromatic N) is 2. The number of rotatable bonds is 3. The van der Waals surface area contributed by atoms with Gasteiger partial charge in [-0.3, -0.25) is 4.79 Å². The van der Waals surface area contributed by atoms with Gasteiger partial charge in [-0.05, 0) is 19.1 Å². The number of alkyl halides is 3. The molecule has 1 aromatic rings. The zero-order valence-electron chi connectivity index (χ0n) is 9.16. The zero-order chi connectivity index (χ0) is 13.1. The lowest BCUT2D eigenvalue weighted by atomic mass is 10.3. The molecule has 1 amide bonds. The highest BCUT2D eigenvalue weighted by molar-refractivity contribution is 5.92. The van der Waals surface area contributed by atoms with Crippen LogP contribution in [0.2, 0.25) is 0 Å². The largest absolute Gasteiger partial charge is 0.406 e. The fourth-order valence-electron chi connectivity index (χ4n) is 1.24. The minimum absolute atomic E-state index is 0.0373. The smallest absolute Gasteiger partial charge is 0.397 e. The number of carbonyl (C=O) groups is 1. The van der Waals surface area contributed by atoms with Crippen LogP contribution in [0.4, 0.5) is 18.9 Å². The van der Waals surface area contributed by atoms with Crippen LogP contribution in [0.5, 0.6) is 0 Å². The van der Waals surface area contributed by atoms with Crippen molar-refractivity contribution in [2.45, 2.75) is 13.1 Å². The van der Waals surface area contributed by atoms with E-state index in [0.717, 1.165) is 0 Å². The number of aromatic nitrogens is 1. The molecule has 0 aliphatic heterocycles. The van der Waals surface area contributed by atoms with Crippen molar-refractivity contribution in [3.63, 3.8) is 0 Å². The Bertz CT molecular complexity index is 389. The van der Waals surface area contributed by atoms with Gasteiger partial charge < -0.3 is 10.6 Å². The van der Waals surface area contributed by atoms with E-state index in [2.05, 4.69) is 4.98 Å². The van der Waals surface area contributed by atoms with Crippen LogP contribution < -0.4 is 5.73 Å². The number of amides is 1. The molecule has 1 heterocycles. The lowest BCUT2D eigenvalue weighted by Gasteiger charge is -2.21. The molecule has 94 valence electrons. The van der Waals surface area contributed by atoms with E-state index in [-0.39, 0.29) is 12.2 Å². The number of hydrogen-bond donors (Lipinski definition) is 1. The van der Waals surface area contributed by atoms with Crippen molar-refractivity contribution in [2.24, 2.45) is 0 Å². The molecule has 2 N–H and O–H groups in total. The van der Waals surface area contributed by atoms with Crippen LogP contribution in [0, 0.1) is 0 Å². The Kier molecular flexibility index (Phi) is 3.93. The van der Waals surface area contributed by atoms with Gasteiger partial charge in [-0.25, -0.2) is 4.98 Å². The van der Waals surface area contributed by atoms with Gasteiger partial charge in [0.1, 0.15) is 12.2 Å². The predicted octanol–water partition coefficient (Wildman–Crippen LogP) is 1.69. The van der Waals surface area contributed by atoms with Crippen molar-refractivity contribution in [1.29, 1.82) is 0 Å². The second-order valence-electron chi connectivity index (χ2n) is 3.41. The molecular weight excluding hydrogens is 235 g/mol. The summed E-state index contributed by atoms with van der Waals surface area (Å²) in [5.74, 6) is -0.759. The summed E-state index contributed by atoms with van der Waals surface area (Å²) in [5.41, 5.74) is 5.67. The fraction of sp³-hybridized carbons (Fsp3) is 0.400. The maximum atomic E-state index is 12.2. The maximum absolute atomic E-state index is 12.2. The van der Waals surface area contributed by atoms with Crippen molar-refractivity contribution < 1.29 is 18.0 Å². The topological polar surface area (TPSA) is 59.2 Å². The van der Waals surface area contributed by atoms with Crippen molar-refractivity contribution in [2.75, 3.05) is 18.8 Å². The summed E-state index contributed by atoms with van der Waals surface area (Å²) in [6, 6.07) is 2.72. The number of nitrogen functional groups attached to an aromatic ring is 1. The Hall–Kier alpha value is -1.79. The van der Waals surface area contributed by atoms with Gasteiger partial charge in [0, 0.05) is 6.54 Å². The first-order chi connectivity index (χ1) is 7.83. The van der Waals surface area contributed by atoms with E-state index in [9.17, 15) is 18.0 Å². The Morgan fingerprint density at radius 2 is 2.12 bits per heavy atom. The van der Waals surface area contributed by atoms with Crippen LogP contribution in [0.1, 0.15) is 17.4 Å². The first-order valence-corrected chi connectivity index (χ1v) is 4.91. The maximum Gasteiger partial charge on any atom is 0.406 e. The summed E-state index contributed by atoms with van der Waals surface area (Å²) in [6.07, 6.45) is -3.19. The molecule has 0 atom stereocenters. The van der Waals surface area contributed by atoms with Gasteiger partial charge in [0.05, 0.1) is 11.9 Å². The highest BCUT2D eigenvalue weighted by Crippen LogP contribution is 2.17. The number of nitrogens with two attached hydrogens (primary N) is 1. The third kappa shape index (κ3) is 3.93. The molecule has 1 rings (SSSR count). The van der Waals surface area contributed by atoms with E-state index < -0.39 is 18.6 Å². The van der Waals surface area contributed by atoms with E-state index >= 15 is 0 Å². The van der Waals surface area contributed by atoms with Crippen molar-refractivity contribution >= 4 is 11.6 Å². The quantitative estimate of drug-likeness (QED) is 0.884. The molecule has 0 unspecified atom stereocenters. The molecule has 0 aliphatic carbocycles. The van der Waals surface area contributed by atoms with E-state index in [4.69, 9.17) is 5.73 Å². The molecular formula is C10H12F3N3O. The molecule has 4 nitrogen and oxygen atoms in total. The Labute approximate surface area is 96.2 Å². The van der Waals surface area contributed by atoms with Crippen LogP contribution in [-0.2, 0) is 0 Å². The summed E-state index contributed by atoms with van der Waals surface area (Å²) in [7, 11) is 0. The fourth-order valence-corrected chi connectivity index (χ4v) is 1.24. The molecule has 1 aromatic heterocycles. The Morgan fingerprint density at radius 1 is 1.47 bits per heavy atom. The van der Waals surface area contributed by atoms with Crippen LogP contribution in [0.15, 0.2) is 18.3 Å². The monoisotopic (exact) mass is 247 g/mol. The van der Waals surface area contributed by atoms with Crippen molar-refractivity contribution in [1.82, 2.24) is 9.88 Å².